The molecule has 0 saturated carbocycles. The highest BCUT2D eigenvalue weighted by atomic mass is 16.4. The van der Waals surface area contributed by atoms with Crippen LogP contribution in [0.3, 0.4) is 0 Å². The van der Waals surface area contributed by atoms with Crippen molar-refractivity contribution in [2.24, 2.45) is 5.92 Å². The Morgan fingerprint density at radius 1 is 1.18 bits per heavy atom. The maximum absolute atomic E-state index is 12.4. The van der Waals surface area contributed by atoms with Crippen molar-refractivity contribution < 1.29 is 14.7 Å². The number of nitrogens with one attached hydrogen (secondary N) is 1. The zero-order chi connectivity index (χ0) is 16.3. The molecule has 0 aliphatic carbocycles. The maximum Gasteiger partial charge on any atom is 0.321 e. The lowest BCUT2D eigenvalue weighted by molar-refractivity contribution is -0.143. The summed E-state index contributed by atoms with van der Waals surface area (Å²) in [7, 11) is 0. The van der Waals surface area contributed by atoms with Gasteiger partial charge in [0.05, 0.1) is 5.92 Å². The zero-order valence-corrected chi connectivity index (χ0v) is 13.4. The number of hydrogen-bond donors (Lipinski definition) is 2. The number of nitrogens with zero attached hydrogens (tertiary/aromatic N) is 1. The molecule has 2 amide bonds. The van der Waals surface area contributed by atoms with Crippen LogP contribution in [0.2, 0.25) is 0 Å². The van der Waals surface area contributed by atoms with Crippen LogP contribution in [0.15, 0.2) is 24.3 Å². The molecular formula is C17H24N2O3. The Balaban J connectivity index is 2.03. The summed E-state index contributed by atoms with van der Waals surface area (Å²) < 4.78 is 0. The van der Waals surface area contributed by atoms with E-state index in [1.807, 2.05) is 24.3 Å². The molecule has 1 aromatic carbocycles. The first-order valence-corrected chi connectivity index (χ1v) is 7.67. The summed E-state index contributed by atoms with van der Waals surface area (Å²) in [5.74, 6) is -1.09. The van der Waals surface area contributed by atoms with Crippen molar-refractivity contribution in [1.29, 1.82) is 0 Å². The van der Waals surface area contributed by atoms with Gasteiger partial charge in [0.1, 0.15) is 0 Å². The first-order chi connectivity index (χ1) is 10.3. The minimum absolute atomic E-state index is 0.0554. The summed E-state index contributed by atoms with van der Waals surface area (Å²) in [5.41, 5.74) is 1.85. The molecule has 22 heavy (non-hydrogen) atoms. The highest BCUT2D eigenvalue weighted by molar-refractivity contribution is 5.90. The first kappa shape index (κ1) is 16.3. The number of amides is 2. The Kier molecular flexibility index (Phi) is 4.74. The third-order valence-corrected chi connectivity index (χ3v) is 4.11. The molecule has 1 saturated heterocycles. The van der Waals surface area contributed by atoms with Crippen molar-refractivity contribution in [3.05, 3.63) is 29.8 Å². The summed E-state index contributed by atoms with van der Waals surface area (Å²) >= 11 is 0. The van der Waals surface area contributed by atoms with E-state index in [0.717, 1.165) is 11.3 Å². The van der Waals surface area contributed by atoms with Gasteiger partial charge in [0.25, 0.3) is 0 Å². The van der Waals surface area contributed by atoms with Crippen molar-refractivity contribution in [2.45, 2.75) is 39.0 Å². The molecule has 1 aliphatic rings. The van der Waals surface area contributed by atoms with E-state index in [9.17, 15) is 9.59 Å². The first-order valence-electron chi connectivity index (χ1n) is 7.67. The Labute approximate surface area is 131 Å². The molecule has 1 heterocycles. The van der Waals surface area contributed by atoms with Crippen LogP contribution < -0.4 is 5.32 Å². The van der Waals surface area contributed by atoms with E-state index in [2.05, 4.69) is 26.1 Å². The second-order valence-electron chi connectivity index (χ2n) is 6.83. The molecule has 1 aliphatic heterocycles. The number of benzene rings is 1. The van der Waals surface area contributed by atoms with Crippen LogP contribution in [0.25, 0.3) is 0 Å². The topological polar surface area (TPSA) is 69.6 Å². The van der Waals surface area contributed by atoms with E-state index >= 15 is 0 Å². The third kappa shape index (κ3) is 3.78. The molecule has 0 aromatic heterocycles. The van der Waals surface area contributed by atoms with Gasteiger partial charge in [0.2, 0.25) is 0 Å². The summed E-state index contributed by atoms with van der Waals surface area (Å²) in [6, 6.07) is 7.64. The van der Waals surface area contributed by atoms with Gasteiger partial charge in [-0.15, -0.1) is 0 Å². The number of rotatable bonds is 2. The zero-order valence-electron chi connectivity index (χ0n) is 13.4. The second-order valence-corrected chi connectivity index (χ2v) is 6.83. The lowest BCUT2D eigenvalue weighted by Gasteiger charge is -2.31. The molecule has 1 aromatic rings. The number of carbonyl (C=O) groups is 2. The smallest absolute Gasteiger partial charge is 0.321 e. The predicted octanol–water partition coefficient (Wildman–Crippen LogP) is 3.31. The van der Waals surface area contributed by atoms with Gasteiger partial charge in [-0.1, -0.05) is 39.0 Å². The number of piperidine rings is 1. The van der Waals surface area contributed by atoms with Gasteiger partial charge >= 0.3 is 12.0 Å². The molecule has 5 nitrogen and oxygen atoms in total. The summed E-state index contributed by atoms with van der Waals surface area (Å²) in [6.07, 6.45) is 1.04. The van der Waals surface area contributed by atoms with Crippen LogP contribution in [0.5, 0.6) is 0 Å². The Morgan fingerprint density at radius 2 is 1.77 bits per heavy atom. The number of carboxylic acids is 1. The van der Waals surface area contributed by atoms with Crippen LogP contribution in [0, 0.1) is 5.92 Å². The average molecular weight is 304 g/mol. The number of aliphatic carboxylic acids is 1. The van der Waals surface area contributed by atoms with Crippen molar-refractivity contribution in [3.8, 4) is 0 Å². The molecule has 0 spiro atoms. The molecule has 0 atom stereocenters. The minimum atomic E-state index is -0.766. The summed E-state index contributed by atoms with van der Waals surface area (Å²) in [6.45, 7) is 7.30. The number of para-hydroxylation sites is 1. The standard InChI is InChI=1S/C17H24N2O3/c1-17(2,3)13-6-4-5-7-14(13)18-16(22)19-10-8-12(9-11-19)15(20)21/h4-7,12H,8-11H2,1-3H3,(H,18,22)(H,20,21). The number of likely N-dealkylation sites (tertiary alicyclic amines) is 1. The van der Waals surface area contributed by atoms with Gasteiger partial charge < -0.3 is 15.3 Å². The average Bonchev–Trinajstić information content (AvgIpc) is 2.46. The van der Waals surface area contributed by atoms with Gasteiger partial charge in [-0.2, -0.15) is 0 Å². The number of carboxylic acid groups (broad SMARTS) is 1. The summed E-state index contributed by atoms with van der Waals surface area (Å²) in [4.78, 5) is 25.0. The van der Waals surface area contributed by atoms with Crippen molar-refractivity contribution in [1.82, 2.24) is 4.90 Å². The molecule has 1 fully saturated rings. The highest BCUT2D eigenvalue weighted by Crippen LogP contribution is 2.29. The van der Waals surface area contributed by atoms with Crippen LogP contribution in [0.1, 0.15) is 39.2 Å². The molecule has 0 unspecified atom stereocenters. The molecule has 0 radical (unpaired) electrons. The normalized spacial score (nSPS) is 16.4. The van der Waals surface area contributed by atoms with Gasteiger partial charge in [0, 0.05) is 18.8 Å². The lowest BCUT2D eigenvalue weighted by atomic mass is 9.86. The quantitative estimate of drug-likeness (QED) is 0.880. The number of carbonyl (C=O) groups excluding carboxylic acids is 1. The largest absolute Gasteiger partial charge is 0.481 e. The van der Waals surface area contributed by atoms with E-state index in [4.69, 9.17) is 5.11 Å². The fourth-order valence-corrected chi connectivity index (χ4v) is 2.77. The van der Waals surface area contributed by atoms with E-state index < -0.39 is 5.97 Å². The highest BCUT2D eigenvalue weighted by Gasteiger charge is 2.27. The third-order valence-electron chi connectivity index (χ3n) is 4.11. The molecule has 2 rings (SSSR count). The maximum atomic E-state index is 12.4. The van der Waals surface area contributed by atoms with E-state index in [1.165, 1.54) is 0 Å². The van der Waals surface area contributed by atoms with Crippen molar-refractivity contribution >= 4 is 17.7 Å². The SMILES string of the molecule is CC(C)(C)c1ccccc1NC(=O)N1CCC(C(=O)O)CC1. The van der Waals surface area contributed by atoms with Gasteiger partial charge in [0.15, 0.2) is 0 Å². The number of anilines is 1. The lowest BCUT2D eigenvalue weighted by Crippen LogP contribution is -2.42. The second kappa shape index (κ2) is 6.38. The summed E-state index contributed by atoms with van der Waals surface area (Å²) in [5, 5.41) is 12.0. The molecule has 5 heteroatoms. The Morgan fingerprint density at radius 3 is 2.32 bits per heavy atom. The molecule has 0 bridgehead atoms. The monoisotopic (exact) mass is 304 g/mol. The van der Waals surface area contributed by atoms with Gasteiger partial charge in [-0.25, -0.2) is 4.79 Å². The van der Waals surface area contributed by atoms with Crippen molar-refractivity contribution in [3.63, 3.8) is 0 Å². The van der Waals surface area contributed by atoms with E-state index in [-0.39, 0.29) is 17.4 Å². The number of hydrogen-bond acceptors (Lipinski definition) is 2. The number of urea groups is 1. The predicted molar refractivity (Wildman–Crippen MR) is 86.1 cm³/mol. The van der Waals surface area contributed by atoms with Crippen LogP contribution in [0.4, 0.5) is 10.5 Å². The Hall–Kier alpha value is -2.04. The van der Waals surface area contributed by atoms with Gasteiger partial charge in [-0.05, 0) is 29.9 Å². The molecule has 2 N–H and O–H groups in total. The van der Waals surface area contributed by atoms with E-state index in [0.29, 0.717) is 25.9 Å². The van der Waals surface area contributed by atoms with Crippen molar-refractivity contribution in [2.75, 3.05) is 18.4 Å². The van der Waals surface area contributed by atoms with Crippen LogP contribution >= 0.6 is 0 Å². The fourth-order valence-electron chi connectivity index (χ4n) is 2.77. The van der Waals surface area contributed by atoms with Gasteiger partial charge in [-0.3, -0.25) is 4.79 Å². The van der Waals surface area contributed by atoms with E-state index in [1.54, 1.807) is 4.90 Å². The molecule has 120 valence electrons. The molecular weight excluding hydrogens is 280 g/mol. The van der Waals surface area contributed by atoms with Crippen LogP contribution in [-0.4, -0.2) is 35.1 Å². The Bertz CT molecular complexity index is 555. The van der Waals surface area contributed by atoms with Crippen LogP contribution in [-0.2, 0) is 10.2 Å². The minimum Gasteiger partial charge on any atom is -0.481 e. The fraction of sp³-hybridized carbons (Fsp3) is 0.529.